The van der Waals surface area contributed by atoms with Crippen LogP contribution < -0.4 is 0 Å². The number of aromatic nitrogens is 3. The lowest BCUT2D eigenvalue weighted by atomic mass is 9.78. The van der Waals surface area contributed by atoms with Crippen LogP contribution in [0.15, 0.2) is 73.1 Å². The number of rotatable bonds is 7. The summed E-state index contributed by atoms with van der Waals surface area (Å²) < 4.78 is 40.7. The summed E-state index contributed by atoms with van der Waals surface area (Å²) in [5.41, 5.74) is 1.65. The van der Waals surface area contributed by atoms with Gasteiger partial charge in [-0.1, -0.05) is 49.4 Å². The van der Waals surface area contributed by atoms with Crippen LogP contribution in [-0.2, 0) is 22.8 Å². The molecule has 0 fully saturated rings. The summed E-state index contributed by atoms with van der Waals surface area (Å²) in [6, 6.07) is 16.5. The Balaban J connectivity index is 1.82. The van der Waals surface area contributed by atoms with Gasteiger partial charge in [0.2, 0.25) is 5.91 Å². The minimum atomic E-state index is -4.41. The normalized spacial score (nSPS) is 13.5. The number of fused-ring (bicyclic) bond motifs is 1. The van der Waals surface area contributed by atoms with Crippen molar-refractivity contribution >= 4 is 11.6 Å². The van der Waals surface area contributed by atoms with Gasteiger partial charge in [0.15, 0.2) is 5.65 Å². The first-order valence-corrected chi connectivity index (χ1v) is 11.5. The highest BCUT2D eigenvalue weighted by molar-refractivity contribution is 5.88. The number of likely N-dealkylation sites (N-methyl/N-ethyl adjacent to an activating group) is 1. The summed E-state index contributed by atoms with van der Waals surface area (Å²) in [4.78, 5) is 20.0. The van der Waals surface area contributed by atoms with Gasteiger partial charge in [-0.2, -0.15) is 18.3 Å². The molecular formula is C27H27F3N4O. The van der Waals surface area contributed by atoms with E-state index in [1.165, 1.54) is 12.1 Å². The minimum Gasteiger partial charge on any atom is -0.345 e. The monoisotopic (exact) mass is 480 g/mol. The Hall–Kier alpha value is -3.68. The van der Waals surface area contributed by atoms with Crippen LogP contribution in [0.5, 0.6) is 0 Å². The molecule has 4 rings (SSSR count). The van der Waals surface area contributed by atoms with E-state index in [4.69, 9.17) is 0 Å². The van der Waals surface area contributed by atoms with Gasteiger partial charge < -0.3 is 4.90 Å². The number of halogens is 3. The van der Waals surface area contributed by atoms with Crippen molar-refractivity contribution in [3.8, 4) is 11.1 Å². The van der Waals surface area contributed by atoms with E-state index >= 15 is 0 Å². The summed E-state index contributed by atoms with van der Waals surface area (Å²) in [6.45, 7) is 4.54. The third kappa shape index (κ3) is 4.78. The Bertz CT molecular complexity index is 1320. The molecule has 5 nitrogen and oxygen atoms in total. The van der Waals surface area contributed by atoms with Crippen LogP contribution >= 0.6 is 0 Å². The van der Waals surface area contributed by atoms with Gasteiger partial charge in [-0.05, 0) is 49.1 Å². The molecule has 35 heavy (non-hydrogen) atoms. The van der Waals surface area contributed by atoms with Crippen LogP contribution in [0.25, 0.3) is 16.8 Å². The highest BCUT2D eigenvalue weighted by Crippen LogP contribution is 2.34. The zero-order chi connectivity index (χ0) is 25.2. The molecule has 4 aromatic rings. The average Bonchev–Trinajstić information content (AvgIpc) is 3.28. The van der Waals surface area contributed by atoms with Gasteiger partial charge in [0.05, 0.1) is 22.9 Å². The lowest BCUT2D eigenvalue weighted by molar-refractivity contribution is -0.137. The summed E-state index contributed by atoms with van der Waals surface area (Å²) >= 11 is 0. The van der Waals surface area contributed by atoms with E-state index in [9.17, 15) is 18.0 Å². The predicted octanol–water partition coefficient (Wildman–Crippen LogP) is 5.78. The summed E-state index contributed by atoms with van der Waals surface area (Å²) in [6.07, 6.45) is 0.0770. The van der Waals surface area contributed by atoms with Crippen molar-refractivity contribution in [3.05, 3.63) is 89.9 Å². The van der Waals surface area contributed by atoms with Crippen molar-refractivity contribution in [3.63, 3.8) is 0 Å². The van der Waals surface area contributed by atoms with Crippen molar-refractivity contribution in [2.24, 2.45) is 0 Å². The molecule has 0 N–H and O–H groups in total. The first kappa shape index (κ1) is 24.4. The average molecular weight is 481 g/mol. The Morgan fingerprint density at radius 2 is 1.71 bits per heavy atom. The van der Waals surface area contributed by atoms with Gasteiger partial charge in [-0.3, -0.25) is 4.79 Å². The van der Waals surface area contributed by atoms with Gasteiger partial charge >= 0.3 is 6.18 Å². The molecule has 0 spiro atoms. The molecule has 182 valence electrons. The van der Waals surface area contributed by atoms with E-state index in [1.54, 1.807) is 34.9 Å². The van der Waals surface area contributed by atoms with E-state index in [1.807, 2.05) is 44.2 Å². The smallest absolute Gasteiger partial charge is 0.345 e. The topological polar surface area (TPSA) is 50.5 Å². The van der Waals surface area contributed by atoms with Crippen LogP contribution in [0.3, 0.4) is 0 Å². The highest BCUT2D eigenvalue weighted by Gasteiger charge is 2.40. The molecule has 2 aromatic carbocycles. The highest BCUT2D eigenvalue weighted by atomic mass is 19.4. The lowest BCUT2D eigenvalue weighted by Gasteiger charge is -2.33. The van der Waals surface area contributed by atoms with E-state index < -0.39 is 17.2 Å². The Kier molecular flexibility index (Phi) is 6.65. The number of hydrogen-bond acceptors (Lipinski definition) is 3. The van der Waals surface area contributed by atoms with Crippen molar-refractivity contribution in [2.45, 2.75) is 38.3 Å². The van der Waals surface area contributed by atoms with Crippen molar-refractivity contribution < 1.29 is 18.0 Å². The van der Waals surface area contributed by atoms with Gasteiger partial charge in [-0.15, -0.1) is 0 Å². The zero-order valence-electron chi connectivity index (χ0n) is 19.9. The quantitative estimate of drug-likeness (QED) is 0.337. The fourth-order valence-corrected chi connectivity index (χ4v) is 4.49. The van der Waals surface area contributed by atoms with E-state index in [0.29, 0.717) is 35.4 Å². The molecule has 0 saturated carbocycles. The fourth-order valence-electron chi connectivity index (χ4n) is 4.49. The molecule has 0 bridgehead atoms. The van der Waals surface area contributed by atoms with Crippen LogP contribution in [-0.4, -0.2) is 39.0 Å². The molecule has 8 heteroatoms. The van der Waals surface area contributed by atoms with Gasteiger partial charge in [0.1, 0.15) is 0 Å². The fraction of sp³-hybridized carbons (Fsp3) is 0.296. The molecule has 0 radical (unpaired) electrons. The van der Waals surface area contributed by atoms with Crippen LogP contribution in [0.1, 0.15) is 37.1 Å². The number of amides is 1. The predicted molar refractivity (Wildman–Crippen MR) is 129 cm³/mol. The van der Waals surface area contributed by atoms with Gasteiger partial charge in [0.25, 0.3) is 0 Å². The van der Waals surface area contributed by atoms with Gasteiger partial charge in [0, 0.05) is 25.4 Å². The van der Waals surface area contributed by atoms with Crippen LogP contribution in [0.2, 0.25) is 0 Å². The first-order chi connectivity index (χ1) is 16.6. The number of nitrogens with zero attached hydrogens (tertiary/aromatic N) is 4. The minimum absolute atomic E-state index is 0.0396. The van der Waals surface area contributed by atoms with E-state index in [2.05, 4.69) is 10.1 Å². The summed E-state index contributed by atoms with van der Waals surface area (Å²) in [7, 11) is 1.80. The maximum Gasteiger partial charge on any atom is 0.416 e. The standard InChI is InChI=1S/C27H27F3N4O/c1-4-16-33(3)25(35)26(2,17-19-8-6-5-7-9-19)23-14-15-31-24-22(18-32-34(23)24)20-10-12-21(13-11-20)27(28,29)30/h5-15,18H,4,16-17H2,1-3H3. The second-order valence-corrected chi connectivity index (χ2v) is 8.92. The van der Waals surface area contributed by atoms with E-state index in [0.717, 1.165) is 24.1 Å². The first-order valence-electron chi connectivity index (χ1n) is 11.5. The van der Waals surface area contributed by atoms with Crippen molar-refractivity contribution in [2.75, 3.05) is 13.6 Å². The molecule has 2 aromatic heterocycles. The third-order valence-electron chi connectivity index (χ3n) is 6.27. The maximum absolute atomic E-state index is 13.8. The molecule has 1 unspecified atom stereocenters. The molecule has 1 amide bonds. The summed E-state index contributed by atoms with van der Waals surface area (Å²) in [5.74, 6) is -0.0396. The SMILES string of the molecule is CCCN(C)C(=O)C(C)(Cc1ccccc1)c1ccnc2c(-c3ccc(C(F)(F)F)cc3)cnn12. The zero-order valence-corrected chi connectivity index (χ0v) is 19.9. The van der Waals surface area contributed by atoms with E-state index in [-0.39, 0.29) is 5.91 Å². The molecule has 0 saturated heterocycles. The van der Waals surface area contributed by atoms with Gasteiger partial charge in [-0.25, -0.2) is 9.50 Å². The van der Waals surface area contributed by atoms with Crippen LogP contribution in [0.4, 0.5) is 13.2 Å². The lowest BCUT2D eigenvalue weighted by Crippen LogP contribution is -2.46. The number of alkyl halides is 3. The number of benzene rings is 2. The number of carbonyl (C=O) groups excluding carboxylic acids is 1. The second kappa shape index (κ2) is 9.52. The molecular weight excluding hydrogens is 453 g/mol. The molecule has 2 heterocycles. The molecule has 0 aliphatic carbocycles. The Morgan fingerprint density at radius 1 is 1.03 bits per heavy atom. The Morgan fingerprint density at radius 3 is 2.34 bits per heavy atom. The van der Waals surface area contributed by atoms with Crippen molar-refractivity contribution in [1.82, 2.24) is 19.5 Å². The van der Waals surface area contributed by atoms with Crippen molar-refractivity contribution in [1.29, 1.82) is 0 Å². The second-order valence-electron chi connectivity index (χ2n) is 8.92. The molecule has 0 aliphatic rings. The number of hydrogen-bond donors (Lipinski definition) is 0. The molecule has 0 aliphatic heterocycles. The maximum atomic E-state index is 13.8. The number of carbonyl (C=O) groups is 1. The summed E-state index contributed by atoms with van der Waals surface area (Å²) in [5, 5.41) is 4.52. The van der Waals surface area contributed by atoms with Crippen LogP contribution in [0, 0.1) is 0 Å². The Labute approximate surface area is 202 Å². The molecule has 1 atom stereocenters. The third-order valence-corrected chi connectivity index (χ3v) is 6.27. The largest absolute Gasteiger partial charge is 0.416 e.